The van der Waals surface area contributed by atoms with Crippen LogP contribution < -0.4 is 10.5 Å². The van der Waals surface area contributed by atoms with E-state index in [-0.39, 0.29) is 0 Å². The molecule has 2 aromatic rings. The van der Waals surface area contributed by atoms with Gasteiger partial charge in [-0.3, -0.25) is 4.98 Å². The summed E-state index contributed by atoms with van der Waals surface area (Å²) in [5.74, 6) is 1.30. The number of rotatable bonds is 5. The van der Waals surface area contributed by atoms with E-state index in [1.54, 1.807) is 32.7 Å². The Labute approximate surface area is 104 Å². The molecule has 7 heteroatoms. The van der Waals surface area contributed by atoms with Crippen molar-refractivity contribution in [2.45, 2.75) is 6.04 Å². The first-order chi connectivity index (χ1) is 8.76. The number of hydrogen-bond donors (Lipinski definition) is 1. The van der Waals surface area contributed by atoms with Gasteiger partial charge >= 0.3 is 0 Å². The Kier molecular flexibility index (Phi) is 3.85. The molecule has 0 aromatic carbocycles. The maximum absolute atomic E-state index is 5.81. The van der Waals surface area contributed by atoms with E-state index in [9.17, 15) is 0 Å². The molecule has 0 saturated carbocycles. The number of aromatic nitrogens is 3. The Morgan fingerprint density at radius 2 is 2.28 bits per heavy atom. The van der Waals surface area contributed by atoms with E-state index in [1.807, 2.05) is 0 Å². The molecule has 0 spiro atoms. The molecule has 2 heterocycles. The van der Waals surface area contributed by atoms with Gasteiger partial charge in [-0.1, -0.05) is 5.16 Å². The normalized spacial score (nSPS) is 12.4. The molecular weight excluding hydrogens is 236 g/mol. The van der Waals surface area contributed by atoms with Gasteiger partial charge in [0.05, 0.1) is 31.5 Å². The van der Waals surface area contributed by atoms with Crippen LogP contribution in [0.15, 0.2) is 23.0 Å². The Balaban J connectivity index is 2.29. The highest BCUT2D eigenvalue weighted by Crippen LogP contribution is 2.27. The third-order valence-corrected chi connectivity index (χ3v) is 2.35. The van der Waals surface area contributed by atoms with Gasteiger partial charge in [0.1, 0.15) is 5.75 Å². The number of hydrogen-bond acceptors (Lipinski definition) is 7. The predicted molar refractivity (Wildman–Crippen MR) is 62.9 cm³/mol. The number of ether oxygens (including phenoxy) is 2. The Morgan fingerprint density at radius 3 is 3.00 bits per heavy atom. The van der Waals surface area contributed by atoms with E-state index in [1.165, 1.54) is 0 Å². The summed E-state index contributed by atoms with van der Waals surface area (Å²) < 4.78 is 15.3. The minimum absolute atomic E-state index is 0.326. The molecule has 0 fully saturated rings. The van der Waals surface area contributed by atoms with Crippen molar-refractivity contribution in [2.24, 2.45) is 5.73 Å². The molecule has 2 aromatic heterocycles. The zero-order valence-electron chi connectivity index (χ0n) is 10.2. The monoisotopic (exact) mass is 250 g/mol. The van der Waals surface area contributed by atoms with Crippen molar-refractivity contribution in [1.29, 1.82) is 0 Å². The van der Waals surface area contributed by atoms with Gasteiger partial charge in [0.2, 0.25) is 0 Å². The van der Waals surface area contributed by atoms with Crippen molar-refractivity contribution in [1.82, 2.24) is 15.1 Å². The Bertz CT molecular complexity index is 514. The molecule has 0 aliphatic carbocycles. The quantitative estimate of drug-likeness (QED) is 0.837. The van der Waals surface area contributed by atoms with Gasteiger partial charge in [0.25, 0.3) is 5.89 Å². The fourth-order valence-corrected chi connectivity index (χ4v) is 1.47. The topological polar surface area (TPSA) is 96.3 Å². The maximum Gasteiger partial charge on any atom is 0.261 e. The maximum atomic E-state index is 5.81. The smallest absolute Gasteiger partial charge is 0.261 e. The second-order valence-electron chi connectivity index (χ2n) is 3.60. The number of pyridine rings is 1. The molecule has 7 nitrogen and oxygen atoms in total. The third kappa shape index (κ3) is 2.47. The van der Waals surface area contributed by atoms with Gasteiger partial charge in [-0.25, -0.2) is 0 Å². The molecule has 0 radical (unpaired) electrons. The van der Waals surface area contributed by atoms with Crippen LogP contribution in [0.5, 0.6) is 5.75 Å². The average molecular weight is 250 g/mol. The molecule has 96 valence electrons. The molecule has 0 aliphatic heterocycles. The van der Waals surface area contributed by atoms with Crippen LogP contribution in [0.1, 0.15) is 11.9 Å². The van der Waals surface area contributed by atoms with E-state index < -0.39 is 6.04 Å². The lowest BCUT2D eigenvalue weighted by molar-refractivity contribution is 0.177. The molecule has 0 bridgehead atoms. The first-order valence-corrected chi connectivity index (χ1v) is 5.32. The standard InChI is InChI=1S/C11H14N4O3/c1-16-6-8(12)10-14-11(18-15-10)7-3-4-13-5-9(7)17-2/h3-5,8H,6,12H2,1-2H3. The number of nitrogens with two attached hydrogens (primary N) is 1. The van der Waals surface area contributed by atoms with Crippen LogP contribution >= 0.6 is 0 Å². The molecule has 1 unspecified atom stereocenters. The summed E-state index contributed by atoms with van der Waals surface area (Å²) in [4.78, 5) is 8.17. The summed E-state index contributed by atoms with van der Waals surface area (Å²) in [7, 11) is 3.11. The fraction of sp³-hybridized carbons (Fsp3) is 0.364. The second-order valence-corrected chi connectivity index (χ2v) is 3.60. The van der Waals surface area contributed by atoms with Crippen LogP contribution in [0.25, 0.3) is 11.5 Å². The zero-order valence-corrected chi connectivity index (χ0v) is 10.2. The first-order valence-electron chi connectivity index (χ1n) is 5.32. The summed E-state index contributed by atoms with van der Waals surface area (Å²) in [6, 6.07) is 1.32. The van der Waals surface area contributed by atoms with E-state index in [0.29, 0.717) is 29.6 Å². The molecule has 0 aliphatic rings. The minimum atomic E-state index is -0.416. The van der Waals surface area contributed by atoms with Gasteiger partial charge in [0.15, 0.2) is 5.82 Å². The number of methoxy groups -OCH3 is 2. The highest BCUT2D eigenvalue weighted by atomic mass is 16.5. The van der Waals surface area contributed by atoms with Crippen molar-refractivity contribution in [3.63, 3.8) is 0 Å². The van der Waals surface area contributed by atoms with Crippen molar-refractivity contribution < 1.29 is 14.0 Å². The van der Waals surface area contributed by atoms with Crippen LogP contribution in [0.3, 0.4) is 0 Å². The Morgan fingerprint density at radius 1 is 1.44 bits per heavy atom. The highest BCUT2D eigenvalue weighted by molar-refractivity contribution is 5.61. The van der Waals surface area contributed by atoms with Crippen molar-refractivity contribution in [2.75, 3.05) is 20.8 Å². The van der Waals surface area contributed by atoms with Crippen LogP contribution in [-0.4, -0.2) is 36.0 Å². The lowest BCUT2D eigenvalue weighted by Crippen LogP contribution is -2.17. The third-order valence-electron chi connectivity index (χ3n) is 2.35. The summed E-state index contributed by atoms with van der Waals surface area (Å²) >= 11 is 0. The van der Waals surface area contributed by atoms with Gasteiger partial charge in [-0.2, -0.15) is 4.98 Å². The molecule has 0 amide bonds. The van der Waals surface area contributed by atoms with Crippen LogP contribution in [0, 0.1) is 0 Å². The van der Waals surface area contributed by atoms with Gasteiger partial charge < -0.3 is 19.7 Å². The predicted octanol–water partition coefficient (Wildman–Crippen LogP) is 0.786. The van der Waals surface area contributed by atoms with E-state index in [4.69, 9.17) is 19.7 Å². The van der Waals surface area contributed by atoms with Crippen LogP contribution in [-0.2, 0) is 4.74 Å². The van der Waals surface area contributed by atoms with Gasteiger partial charge in [-0.05, 0) is 6.07 Å². The lowest BCUT2D eigenvalue weighted by Gasteiger charge is -2.04. The van der Waals surface area contributed by atoms with E-state index >= 15 is 0 Å². The lowest BCUT2D eigenvalue weighted by atomic mass is 10.2. The molecular formula is C11H14N4O3. The van der Waals surface area contributed by atoms with E-state index in [2.05, 4.69) is 15.1 Å². The highest BCUT2D eigenvalue weighted by Gasteiger charge is 2.17. The molecule has 1 atom stereocenters. The van der Waals surface area contributed by atoms with Crippen LogP contribution in [0.2, 0.25) is 0 Å². The van der Waals surface area contributed by atoms with Gasteiger partial charge in [-0.15, -0.1) is 0 Å². The first kappa shape index (κ1) is 12.5. The van der Waals surface area contributed by atoms with Crippen molar-refractivity contribution in [3.05, 3.63) is 24.3 Å². The molecule has 18 heavy (non-hydrogen) atoms. The van der Waals surface area contributed by atoms with E-state index in [0.717, 1.165) is 0 Å². The minimum Gasteiger partial charge on any atom is -0.494 e. The summed E-state index contributed by atoms with van der Waals surface area (Å²) in [6.07, 6.45) is 3.20. The Hall–Kier alpha value is -1.99. The summed E-state index contributed by atoms with van der Waals surface area (Å²) in [6.45, 7) is 0.326. The van der Waals surface area contributed by atoms with Crippen molar-refractivity contribution >= 4 is 0 Å². The average Bonchev–Trinajstić information content (AvgIpc) is 2.88. The molecule has 2 N–H and O–H groups in total. The molecule has 2 rings (SSSR count). The fourth-order valence-electron chi connectivity index (χ4n) is 1.47. The summed E-state index contributed by atoms with van der Waals surface area (Å²) in [5, 5.41) is 3.82. The zero-order chi connectivity index (χ0) is 13.0. The van der Waals surface area contributed by atoms with Crippen molar-refractivity contribution in [3.8, 4) is 17.2 Å². The SMILES string of the molecule is COCC(N)c1noc(-c2ccncc2OC)n1. The second kappa shape index (κ2) is 5.56. The van der Waals surface area contributed by atoms with Gasteiger partial charge in [0, 0.05) is 13.3 Å². The molecule has 0 saturated heterocycles. The largest absolute Gasteiger partial charge is 0.494 e. The summed E-state index contributed by atoms with van der Waals surface area (Å²) in [5.41, 5.74) is 6.49. The number of nitrogens with zero attached hydrogens (tertiary/aromatic N) is 3. The van der Waals surface area contributed by atoms with Crippen LogP contribution in [0.4, 0.5) is 0 Å².